The average Bonchev–Trinajstić information content (AvgIpc) is 2.83. The summed E-state index contributed by atoms with van der Waals surface area (Å²) >= 11 is 1.86. The van der Waals surface area contributed by atoms with Gasteiger partial charge < -0.3 is 16.4 Å². The lowest BCUT2D eigenvalue weighted by atomic mass is 10.0. The maximum atomic E-state index is 5.90. The highest BCUT2D eigenvalue weighted by Crippen LogP contribution is 2.37. The van der Waals surface area contributed by atoms with Crippen LogP contribution in [0.5, 0.6) is 0 Å². The van der Waals surface area contributed by atoms with E-state index in [0.717, 1.165) is 18.7 Å². The molecule has 0 radical (unpaired) electrons. The third kappa shape index (κ3) is 1.73. The van der Waals surface area contributed by atoms with Crippen molar-refractivity contribution in [3.05, 3.63) is 40.1 Å². The second-order valence-corrected chi connectivity index (χ2v) is 5.73. The van der Waals surface area contributed by atoms with Gasteiger partial charge in [-0.25, -0.2) is 0 Å². The minimum atomic E-state index is 0.406. The highest BCUT2D eigenvalue weighted by Gasteiger charge is 2.24. The molecule has 1 aromatic heterocycles. The molecule has 2 aromatic rings. The average molecular weight is 259 g/mol. The van der Waals surface area contributed by atoms with Crippen LogP contribution in [0.15, 0.2) is 29.6 Å². The molecule has 0 bridgehead atoms. The van der Waals surface area contributed by atoms with E-state index in [4.69, 9.17) is 11.5 Å². The molecule has 94 valence electrons. The van der Waals surface area contributed by atoms with E-state index in [-0.39, 0.29) is 0 Å². The Morgan fingerprint density at radius 1 is 1.22 bits per heavy atom. The van der Waals surface area contributed by atoms with Crippen LogP contribution in [-0.2, 0) is 6.42 Å². The van der Waals surface area contributed by atoms with Crippen LogP contribution in [0, 0.1) is 0 Å². The first kappa shape index (κ1) is 11.4. The van der Waals surface area contributed by atoms with Crippen molar-refractivity contribution in [2.75, 3.05) is 22.9 Å². The quantitative estimate of drug-likeness (QED) is 0.774. The summed E-state index contributed by atoms with van der Waals surface area (Å²) in [4.78, 5) is 3.91. The van der Waals surface area contributed by atoms with Gasteiger partial charge in [-0.05, 0) is 48.6 Å². The molecule has 4 heteroatoms. The number of thiophene rings is 1. The molecule has 4 N–H and O–H groups in total. The number of rotatable bonds is 1. The van der Waals surface area contributed by atoms with Gasteiger partial charge in [-0.2, -0.15) is 0 Å². The number of hydrogen-bond donors (Lipinski definition) is 2. The van der Waals surface area contributed by atoms with Gasteiger partial charge in [0.2, 0.25) is 0 Å². The summed E-state index contributed by atoms with van der Waals surface area (Å²) in [5.41, 5.74) is 15.6. The third-order valence-corrected chi connectivity index (χ3v) is 4.68. The molecule has 1 aliphatic heterocycles. The Labute approximate surface area is 111 Å². The topological polar surface area (TPSA) is 55.3 Å². The summed E-state index contributed by atoms with van der Waals surface area (Å²) in [6, 6.07) is 8.56. The Kier molecular flexibility index (Phi) is 2.67. The van der Waals surface area contributed by atoms with Gasteiger partial charge in [0, 0.05) is 17.1 Å². The maximum absolute atomic E-state index is 5.90. The van der Waals surface area contributed by atoms with Crippen molar-refractivity contribution >= 4 is 28.4 Å². The van der Waals surface area contributed by atoms with Crippen molar-refractivity contribution in [1.82, 2.24) is 0 Å². The highest BCUT2D eigenvalue weighted by molar-refractivity contribution is 7.10. The van der Waals surface area contributed by atoms with Gasteiger partial charge in [0.1, 0.15) is 0 Å². The van der Waals surface area contributed by atoms with Crippen LogP contribution in [0.4, 0.5) is 17.1 Å². The molecular weight excluding hydrogens is 242 g/mol. The zero-order chi connectivity index (χ0) is 12.7. The fraction of sp³-hybridized carbons (Fsp3) is 0.286. The van der Waals surface area contributed by atoms with Gasteiger partial charge in [-0.15, -0.1) is 11.3 Å². The molecule has 18 heavy (non-hydrogen) atoms. The fourth-order valence-corrected chi connectivity index (χ4v) is 3.57. The van der Waals surface area contributed by atoms with Gasteiger partial charge in [0.05, 0.1) is 17.4 Å². The second-order valence-electron chi connectivity index (χ2n) is 4.73. The predicted octanol–water partition coefficient (Wildman–Crippen LogP) is 3.04. The highest BCUT2D eigenvalue weighted by atomic mass is 32.1. The lowest BCUT2D eigenvalue weighted by Crippen LogP contribution is -2.33. The molecule has 1 aliphatic rings. The number of hydrogen-bond acceptors (Lipinski definition) is 4. The van der Waals surface area contributed by atoms with Crippen molar-refractivity contribution in [2.45, 2.75) is 19.4 Å². The molecule has 0 amide bonds. The van der Waals surface area contributed by atoms with Crippen LogP contribution < -0.4 is 16.4 Å². The van der Waals surface area contributed by atoms with Crippen molar-refractivity contribution in [3.63, 3.8) is 0 Å². The molecule has 1 atom stereocenters. The SMILES string of the molecule is CC1c2ccsc2CCN1c1ccc(N)c(N)c1. The number of benzene rings is 1. The van der Waals surface area contributed by atoms with E-state index < -0.39 is 0 Å². The van der Waals surface area contributed by atoms with Gasteiger partial charge >= 0.3 is 0 Å². The Bertz CT molecular complexity index is 576. The van der Waals surface area contributed by atoms with E-state index in [0.29, 0.717) is 17.4 Å². The smallest absolute Gasteiger partial charge is 0.0568 e. The van der Waals surface area contributed by atoms with E-state index in [1.165, 1.54) is 10.4 Å². The fourth-order valence-electron chi connectivity index (χ4n) is 2.60. The maximum Gasteiger partial charge on any atom is 0.0568 e. The normalized spacial score (nSPS) is 18.7. The standard InChI is InChI=1S/C14H17N3S/c1-9-11-5-7-18-14(11)4-6-17(9)10-2-3-12(15)13(16)8-10/h2-3,5,7-9H,4,6,15-16H2,1H3. The molecule has 3 rings (SSSR count). The zero-order valence-corrected chi connectivity index (χ0v) is 11.2. The number of anilines is 3. The number of nitrogens with two attached hydrogens (primary N) is 2. The van der Waals surface area contributed by atoms with Crippen LogP contribution in [0.1, 0.15) is 23.4 Å². The Hall–Kier alpha value is -1.68. The van der Waals surface area contributed by atoms with E-state index >= 15 is 0 Å². The van der Waals surface area contributed by atoms with Gasteiger partial charge in [-0.3, -0.25) is 0 Å². The van der Waals surface area contributed by atoms with E-state index in [9.17, 15) is 0 Å². The summed E-state index contributed by atoms with van der Waals surface area (Å²) in [6.07, 6.45) is 1.11. The van der Waals surface area contributed by atoms with Crippen molar-refractivity contribution in [2.24, 2.45) is 0 Å². The second kappa shape index (κ2) is 4.21. The summed E-state index contributed by atoms with van der Waals surface area (Å²) in [7, 11) is 0. The number of fused-ring (bicyclic) bond motifs is 1. The Morgan fingerprint density at radius 3 is 2.83 bits per heavy atom. The largest absolute Gasteiger partial charge is 0.397 e. The molecular formula is C14H17N3S. The Morgan fingerprint density at radius 2 is 2.06 bits per heavy atom. The van der Waals surface area contributed by atoms with E-state index in [2.05, 4.69) is 29.3 Å². The molecule has 1 aromatic carbocycles. The zero-order valence-electron chi connectivity index (χ0n) is 10.4. The monoisotopic (exact) mass is 259 g/mol. The van der Waals surface area contributed by atoms with Crippen molar-refractivity contribution in [1.29, 1.82) is 0 Å². The van der Waals surface area contributed by atoms with Gasteiger partial charge in [0.25, 0.3) is 0 Å². The minimum absolute atomic E-state index is 0.406. The molecule has 0 spiro atoms. The van der Waals surface area contributed by atoms with Crippen LogP contribution in [0.3, 0.4) is 0 Å². The first-order valence-corrected chi connectivity index (χ1v) is 7.02. The van der Waals surface area contributed by atoms with E-state index in [1.54, 1.807) is 0 Å². The summed E-state index contributed by atoms with van der Waals surface area (Å²) < 4.78 is 0. The molecule has 0 saturated carbocycles. The first-order chi connectivity index (χ1) is 8.66. The number of nitrogens with zero attached hydrogens (tertiary/aromatic N) is 1. The van der Waals surface area contributed by atoms with E-state index in [1.807, 2.05) is 23.5 Å². The van der Waals surface area contributed by atoms with Gasteiger partial charge in [0.15, 0.2) is 0 Å². The molecule has 2 heterocycles. The summed E-state index contributed by atoms with van der Waals surface area (Å²) in [5, 5.41) is 2.18. The lowest BCUT2D eigenvalue weighted by molar-refractivity contribution is 0.633. The van der Waals surface area contributed by atoms with Crippen LogP contribution in [-0.4, -0.2) is 6.54 Å². The van der Waals surface area contributed by atoms with Crippen LogP contribution in [0.2, 0.25) is 0 Å². The summed E-state index contributed by atoms with van der Waals surface area (Å²) in [6.45, 7) is 3.29. The van der Waals surface area contributed by atoms with Gasteiger partial charge in [-0.1, -0.05) is 0 Å². The molecule has 1 unspecified atom stereocenters. The number of nitrogen functional groups attached to an aromatic ring is 2. The molecule has 0 fully saturated rings. The summed E-state index contributed by atoms with van der Waals surface area (Å²) in [5.74, 6) is 0. The first-order valence-electron chi connectivity index (χ1n) is 6.14. The molecule has 0 saturated heterocycles. The molecule has 0 aliphatic carbocycles. The lowest BCUT2D eigenvalue weighted by Gasteiger charge is -2.35. The Balaban J connectivity index is 1.96. The molecule has 3 nitrogen and oxygen atoms in total. The van der Waals surface area contributed by atoms with Crippen LogP contribution >= 0.6 is 11.3 Å². The van der Waals surface area contributed by atoms with Crippen molar-refractivity contribution < 1.29 is 0 Å². The predicted molar refractivity (Wildman–Crippen MR) is 79.1 cm³/mol. The minimum Gasteiger partial charge on any atom is -0.397 e. The third-order valence-electron chi connectivity index (χ3n) is 3.68. The van der Waals surface area contributed by atoms with Crippen LogP contribution in [0.25, 0.3) is 0 Å². The van der Waals surface area contributed by atoms with Crippen molar-refractivity contribution in [3.8, 4) is 0 Å².